The van der Waals surface area contributed by atoms with Crippen molar-refractivity contribution in [3.63, 3.8) is 0 Å². The second-order valence-electron chi connectivity index (χ2n) is 9.25. The Morgan fingerprint density at radius 3 is 2.24 bits per heavy atom. The molecule has 0 unspecified atom stereocenters. The van der Waals surface area contributed by atoms with Crippen molar-refractivity contribution in [2.45, 2.75) is 43.8 Å². The molecule has 4 aromatic rings. The Hall–Kier alpha value is -3.29. The molecule has 0 aliphatic rings. The summed E-state index contributed by atoms with van der Waals surface area (Å²) in [5.41, 5.74) is -0.123. The van der Waals surface area contributed by atoms with Crippen molar-refractivity contribution in [3.05, 3.63) is 100 Å². The molecular formula is C29H29F3N4O3S3. The Balaban J connectivity index is 1.71. The first-order valence-corrected chi connectivity index (χ1v) is 16.9. The number of benzene rings is 3. The molecule has 1 heterocycles. The summed E-state index contributed by atoms with van der Waals surface area (Å²) in [7, 11) is -3.97. The Labute approximate surface area is 250 Å². The lowest BCUT2D eigenvalue weighted by molar-refractivity contribution is -0.137. The number of hydrogen-bond donors (Lipinski definition) is 0. The van der Waals surface area contributed by atoms with Gasteiger partial charge in [-0.2, -0.15) is 26.3 Å². The van der Waals surface area contributed by atoms with Crippen LogP contribution < -0.4 is 5.69 Å². The molecule has 0 spiro atoms. The molecule has 0 saturated carbocycles. The Morgan fingerprint density at radius 2 is 1.60 bits per heavy atom. The van der Waals surface area contributed by atoms with E-state index in [4.69, 9.17) is 0 Å². The van der Waals surface area contributed by atoms with E-state index in [9.17, 15) is 26.4 Å². The van der Waals surface area contributed by atoms with E-state index < -0.39 is 27.5 Å². The van der Waals surface area contributed by atoms with Gasteiger partial charge in [-0.25, -0.2) is 4.79 Å². The summed E-state index contributed by atoms with van der Waals surface area (Å²) in [4.78, 5) is 13.5. The van der Waals surface area contributed by atoms with E-state index in [0.717, 1.165) is 17.2 Å². The van der Waals surface area contributed by atoms with Gasteiger partial charge in [0.25, 0.3) is 10.0 Å². The Morgan fingerprint density at radius 1 is 0.952 bits per heavy atom. The average Bonchev–Trinajstić information content (AvgIpc) is 3.29. The summed E-state index contributed by atoms with van der Waals surface area (Å²) in [5.74, 6) is 0.385. The SMILES string of the molecule is CCCCc1nn(-c2ccccc2C(F)(F)F)c(=O)n1Cc1ccc(-c2ccccc2S(=O)(=O)N=C(SC)SC)cc1. The third-order valence-corrected chi connectivity index (χ3v) is 9.89. The van der Waals surface area contributed by atoms with Crippen LogP contribution in [0.25, 0.3) is 16.8 Å². The standard InChI is InChI=1S/C29H29F3N4O3S3/c1-4-5-14-26-33-36(24-12-8-7-11-23(24)29(30,31)32)28(37)35(26)19-20-15-17-21(18-16-20)22-10-6-9-13-25(22)42(38,39)34-27(40-2)41-3/h6-13,15-18H,4-5,14,19H2,1-3H3. The van der Waals surface area contributed by atoms with Gasteiger partial charge in [-0.3, -0.25) is 4.57 Å². The van der Waals surface area contributed by atoms with Crippen LogP contribution in [0.15, 0.2) is 86.9 Å². The smallest absolute Gasteiger partial charge is 0.274 e. The highest BCUT2D eigenvalue weighted by Gasteiger charge is 2.34. The van der Waals surface area contributed by atoms with Crippen molar-refractivity contribution in [2.24, 2.45) is 4.40 Å². The van der Waals surface area contributed by atoms with Gasteiger partial charge in [0.2, 0.25) is 0 Å². The van der Waals surface area contributed by atoms with Crippen LogP contribution in [0.4, 0.5) is 13.2 Å². The van der Waals surface area contributed by atoms with Crippen LogP contribution in [0.2, 0.25) is 0 Å². The fourth-order valence-electron chi connectivity index (χ4n) is 4.38. The van der Waals surface area contributed by atoms with E-state index in [2.05, 4.69) is 9.50 Å². The lowest BCUT2D eigenvalue weighted by atomic mass is 10.0. The van der Waals surface area contributed by atoms with Crippen molar-refractivity contribution in [1.82, 2.24) is 14.3 Å². The third kappa shape index (κ3) is 7.01. The van der Waals surface area contributed by atoms with E-state index >= 15 is 0 Å². The molecule has 0 amide bonds. The van der Waals surface area contributed by atoms with Crippen LogP contribution in [0.3, 0.4) is 0 Å². The summed E-state index contributed by atoms with van der Waals surface area (Å²) in [6, 6.07) is 18.5. The van der Waals surface area contributed by atoms with Gasteiger partial charge in [-0.15, -0.1) is 33.0 Å². The predicted molar refractivity (Wildman–Crippen MR) is 164 cm³/mol. The molecule has 0 aliphatic heterocycles. The summed E-state index contributed by atoms with van der Waals surface area (Å²) in [6.45, 7) is 2.06. The number of alkyl halides is 3. The van der Waals surface area contributed by atoms with Crippen molar-refractivity contribution in [2.75, 3.05) is 12.5 Å². The number of aromatic nitrogens is 3. The molecule has 1 aromatic heterocycles. The van der Waals surface area contributed by atoms with Gasteiger partial charge >= 0.3 is 11.9 Å². The van der Waals surface area contributed by atoms with Crippen LogP contribution in [-0.4, -0.2) is 39.7 Å². The van der Waals surface area contributed by atoms with Gasteiger partial charge in [0.1, 0.15) is 10.2 Å². The fourth-order valence-corrected chi connectivity index (χ4v) is 7.24. The zero-order valence-electron chi connectivity index (χ0n) is 23.1. The molecule has 42 heavy (non-hydrogen) atoms. The van der Waals surface area contributed by atoms with E-state index in [1.807, 2.05) is 6.92 Å². The minimum Gasteiger partial charge on any atom is -0.274 e. The minimum absolute atomic E-state index is 0.0704. The second-order valence-corrected chi connectivity index (χ2v) is 12.7. The number of aryl methyl sites for hydroxylation is 1. The van der Waals surface area contributed by atoms with Gasteiger partial charge in [0.05, 0.1) is 22.7 Å². The average molecular weight is 635 g/mol. The molecule has 0 fully saturated rings. The van der Waals surface area contributed by atoms with Gasteiger partial charge in [0.15, 0.2) is 0 Å². The molecule has 0 bridgehead atoms. The molecule has 0 aliphatic carbocycles. The largest absolute Gasteiger partial charge is 0.418 e. The zero-order valence-corrected chi connectivity index (χ0v) is 25.6. The van der Waals surface area contributed by atoms with E-state index in [-0.39, 0.29) is 17.1 Å². The molecular weight excluding hydrogens is 606 g/mol. The Bertz CT molecular complexity index is 1740. The number of para-hydroxylation sites is 1. The zero-order chi connectivity index (χ0) is 30.5. The maximum absolute atomic E-state index is 13.7. The first-order valence-electron chi connectivity index (χ1n) is 13.0. The van der Waals surface area contributed by atoms with Crippen LogP contribution in [0, 0.1) is 0 Å². The summed E-state index contributed by atoms with van der Waals surface area (Å²) < 4.78 is 73.9. The van der Waals surface area contributed by atoms with Gasteiger partial charge in [-0.05, 0) is 48.3 Å². The lowest BCUT2D eigenvalue weighted by Crippen LogP contribution is -2.26. The number of halogens is 3. The van der Waals surface area contributed by atoms with E-state index in [1.165, 1.54) is 52.4 Å². The number of unbranched alkanes of at least 4 members (excludes halogenated alkanes) is 1. The second kappa shape index (κ2) is 13.3. The number of sulfonamides is 1. The van der Waals surface area contributed by atoms with Gasteiger partial charge < -0.3 is 0 Å². The third-order valence-electron chi connectivity index (χ3n) is 6.45. The topological polar surface area (TPSA) is 86.3 Å². The van der Waals surface area contributed by atoms with Crippen molar-refractivity contribution < 1.29 is 21.6 Å². The predicted octanol–water partition coefficient (Wildman–Crippen LogP) is 6.88. The molecule has 4 rings (SSSR count). The minimum atomic E-state index is -4.65. The molecule has 7 nitrogen and oxygen atoms in total. The first kappa shape index (κ1) is 31.6. The quantitative estimate of drug-likeness (QED) is 0.147. The highest BCUT2D eigenvalue weighted by Crippen LogP contribution is 2.33. The van der Waals surface area contributed by atoms with Gasteiger partial charge in [-0.1, -0.05) is 67.9 Å². The van der Waals surface area contributed by atoms with Crippen LogP contribution in [-0.2, 0) is 29.2 Å². The monoisotopic (exact) mass is 634 g/mol. The fraction of sp³-hybridized carbons (Fsp3) is 0.276. The maximum atomic E-state index is 13.7. The molecule has 13 heteroatoms. The van der Waals surface area contributed by atoms with E-state index in [1.54, 1.807) is 55.0 Å². The maximum Gasteiger partial charge on any atom is 0.418 e. The van der Waals surface area contributed by atoms with Crippen molar-refractivity contribution >= 4 is 37.9 Å². The number of hydrogen-bond acceptors (Lipinski definition) is 6. The van der Waals surface area contributed by atoms with Crippen molar-refractivity contribution in [1.29, 1.82) is 0 Å². The summed E-state index contributed by atoms with van der Waals surface area (Å²) >= 11 is 2.50. The summed E-state index contributed by atoms with van der Waals surface area (Å²) in [6.07, 6.45) is 0.807. The molecule has 0 atom stereocenters. The van der Waals surface area contributed by atoms with Crippen LogP contribution in [0.1, 0.15) is 36.7 Å². The van der Waals surface area contributed by atoms with Crippen LogP contribution in [0.5, 0.6) is 0 Å². The molecule has 0 radical (unpaired) electrons. The molecule has 3 aromatic carbocycles. The molecule has 0 saturated heterocycles. The first-order chi connectivity index (χ1) is 20.0. The van der Waals surface area contributed by atoms with Gasteiger partial charge in [0, 0.05) is 12.0 Å². The van der Waals surface area contributed by atoms with E-state index in [0.29, 0.717) is 39.7 Å². The van der Waals surface area contributed by atoms with Crippen LogP contribution >= 0.6 is 23.5 Å². The number of thioether (sulfide) groups is 2. The lowest BCUT2D eigenvalue weighted by Gasteiger charge is -2.11. The molecule has 0 N–H and O–H groups in total. The number of rotatable bonds is 9. The normalized spacial score (nSPS) is 12.0. The Kier molecular flexibility index (Phi) is 10.1. The molecule has 222 valence electrons. The van der Waals surface area contributed by atoms with Crippen molar-refractivity contribution in [3.8, 4) is 16.8 Å². The number of nitrogens with zero attached hydrogens (tertiary/aromatic N) is 4. The highest BCUT2D eigenvalue weighted by atomic mass is 32.2. The highest BCUT2D eigenvalue weighted by molar-refractivity contribution is 8.38. The summed E-state index contributed by atoms with van der Waals surface area (Å²) in [5, 5.41) is 4.31.